The van der Waals surface area contributed by atoms with Crippen LogP contribution in [0.4, 0.5) is 4.39 Å². The molecular formula is C14H21Cl2FN2. The SMILES string of the molecule is C=C[C@H](c1ccc(F)c(C)c1)N1CCNCC1.Cl.Cl. The molecular weight excluding hydrogens is 286 g/mol. The molecule has 1 N–H and O–H groups in total. The van der Waals surface area contributed by atoms with E-state index in [9.17, 15) is 4.39 Å². The summed E-state index contributed by atoms with van der Waals surface area (Å²) in [5.74, 6) is -0.142. The third-order valence-electron chi connectivity index (χ3n) is 3.29. The Hall–Kier alpha value is -0.610. The fourth-order valence-electron chi connectivity index (χ4n) is 2.31. The van der Waals surface area contributed by atoms with Crippen molar-refractivity contribution in [3.05, 3.63) is 47.8 Å². The molecule has 1 aliphatic heterocycles. The highest BCUT2D eigenvalue weighted by atomic mass is 35.5. The van der Waals surface area contributed by atoms with E-state index in [4.69, 9.17) is 0 Å². The minimum absolute atomic E-state index is 0. The van der Waals surface area contributed by atoms with Crippen molar-refractivity contribution in [2.45, 2.75) is 13.0 Å². The number of nitrogens with zero attached hydrogens (tertiary/aromatic N) is 1. The molecule has 1 atom stereocenters. The molecule has 2 nitrogen and oxygen atoms in total. The zero-order valence-electron chi connectivity index (χ0n) is 11.1. The van der Waals surface area contributed by atoms with E-state index < -0.39 is 0 Å². The van der Waals surface area contributed by atoms with Gasteiger partial charge in [0.15, 0.2) is 0 Å². The standard InChI is InChI=1S/C14H19FN2.2ClH/c1-3-14(17-8-6-16-7-9-17)12-4-5-13(15)11(2)10-12;;/h3-5,10,14,16H,1,6-9H2,2H3;2*1H/t14-;;/m1../s1. The molecule has 0 aliphatic carbocycles. The van der Waals surface area contributed by atoms with Crippen molar-refractivity contribution in [3.63, 3.8) is 0 Å². The van der Waals surface area contributed by atoms with E-state index in [0.29, 0.717) is 5.56 Å². The fourth-order valence-corrected chi connectivity index (χ4v) is 2.31. The van der Waals surface area contributed by atoms with Crippen LogP contribution in [0.1, 0.15) is 17.2 Å². The maximum Gasteiger partial charge on any atom is 0.126 e. The van der Waals surface area contributed by atoms with Crippen molar-refractivity contribution in [3.8, 4) is 0 Å². The minimum atomic E-state index is -0.142. The van der Waals surface area contributed by atoms with Gasteiger partial charge in [0, 0.05) is 26.2 Å². The average molecular weight is 307 g/mol. The van der Waals surface area contributed by atoms with Crippen LogP contribution in [-0.4, -0.2) is 31.1 Å². The van der Waals surface area contributed by atoms with Crippen LogP contribution in [-0.2, 0) is 0 Å². The van der Waals surface area contributed by atoms with Gasteiger partial charge >= 0.3 is 0 Å². The molecule has 2 rings (SSSR count). The molecule has 0 amide bonds. The normalized spacial score (nSPS) is 16.9. The molecule has 1 saturated heterocycles. The lowest BCUT2D eigenvalue weighted by Crippen LogP contribution is -2.44. The summed E-state index contributed by atoms with van der Waals surface area (Å²) in [6.45, 7) is 9.73. The van der Waals surface area contributed by atoms with Gasteiger partial charge in [0.25, 0.3) is 0 Å². The summed E-state index contributed by atoms with van der Waals surface area (Å²) in [7, 11) is 0. The van der Waals surface area contributed by atoms with Crippen molar-refractivity contribution in [2.24, 2.45) is 0 Å². The first kappa shape index (κ1) is 18.4. The van der Waals surface area contributed by atoms with E-state index in [0.717, 1.165) is 31.7 Å². The second-order valence-corrected chi connectivity index (χ2v) is 4.48. The first-order valence-electron chi connectivity index (χ1n) is 6.06. The van der Waals surface area contributed by atoms with Gasteiger partial charge in [-0.15, -0.1) is 31.4 Å². The van der Waals surface area contributed by atoms with Crippen LogP contribution in [0, 0.1) is 12.7 Å². The average Bonchev–Trinajstić information content (AvgIpc) is 2.36. The van der Waals surface area contributed by atoms with Gasteiger partial charge in [-0.3, -0.25) is 4.90 Å². The molecule has 0 aromatic heterocycles. The van der Waals surface area contributed by atoms with Crippen LogP contribution < -0.4 is 5.32 Å². The summed E-state index contributed by atoms with van der Waals surface area (Å²) in [5.41, 5.74) is 1.82. The first-order valence-corrected chi connectivity index (χ1v) is 6.06. The Bertz CT molecular complexity index is 406. The van der Waals surface area contributed by atoms with E-state index in [1.54, 1.807) is 13.0 Å². The largest absolute Gasteiger partial charge is 0.314 e. The molecule has 1 aliphatic rings. The summed E-state index contributed by atoms with van der Waals surface area (Å²) < 4.78 is 13.3. The van der Waals surface area contributed by atoms with Crippen LogP contribution in [0.15, 0.2) is 30.9 Å². The number of halogens is 3. The monoisotopic (exact) mass is 306 g/mol. The smallest absolute Gasteiger partial charge is 0.126 e. The van der Waals surface area contributed by atoms with Crippen molar-refractivity contribution in [1.29, 1.82) is 0 Å². The van der Waals surface area contributed by atoms with Crippen LogP contribution in [0.2, 0.25) is 0 Å². The van der Waals surface area contributed by atoms with Crippen molar-refractivity contribution in [1.82, 2.24) is 10.2 Å². The summed E-state index contributed by atoms with van der Waals surface area (Å²) in [6.07, 6.45) is 1.94. The van der Waals surface area contributed by atoms with E-state index in [2.05, 4.69) is 16.8 Å². The van der Waals surface area contributed by atoms with Crippen LogP contribution in [0.25, 0.3) is 0 Å². The summed E-state index contributed by atoms with van der Waals surface area (Å²) >= 11 is 0. The zero-order valence-corrected chi connectivity index (χ0v) is 12.7. The molecule has 0 bridgehead atoms. The summed E-state index contributed by atoms with van der Waals surface area (Å²) in [6, 6.07) is 5.51. The zero-order chi connectivity index (χ0) is 12.3. The molecule has 0 saturated carbocycles. The van der Waals surface area contributed by atoms with E-state index in [1.807, 2.05) is 18.2 Å². The molecule has 0 radical (unpaired) electrons. The Morgan fingerprint density at radius 3 is 2.47 bits per heavy atom. The maximum atomic E-state index is 13.3. The number of hydrogen-bond acceptors (Lipinski definition) is 2. The fraction of sp³-hybridized carbons (Fsp3) is 0.429. The molecule has 0 unspecified atom stereocenters. The Balaban J connectivity index is 0.00000162. The highest BCUT2D eigenvalue weighted by molar-refractivity contribution is 5.85. The van der Waals surface area contributed by atoms with Crippen LogP contribution in [0.5, 0.6) is 0 Å². The molecule has 5 heteroatoms. The number of aryl methyl sites for hydroxylation is 1. The van der Waals surface area contributed by atoms with Gasteiger partial charge in [0.2, 0.25) is 0 Å². The van der Waals surface area contributed by atoms with Gasteiger partial charge in [0.1, 0.15) is 5.82 Å². The van der Waals surface area contributed by atoms with Crippen LogP contribution in [0.3, 0.4) is 0 Å². The third kappa shape index (κ3) is 4.46. The molecule has 1 heterocycles. The lowest BCUT2D eigenvalue weighted by Gasteiger charge is -2.33. The highest BCUT2D eigenvalue weighted by Crippen LogP contribution is 2.23. The number of hydrogen-bond donors (Lipinski definition) is 1. The maximum absolute atomic E-state index is 13.3. The number of rotatable bonds is 3. The summed E-state index contributed by atoms with van der Waals surface area (Å²) in [5, 5.41) is 3.33. The predicted octanol–water partition coefficient (Wildman–Crippen LogP) is 3.11. The topological polar surface area (TPSA) is 15.3 Å². The third-order valence-corrected chi connectivity index (χ3v) is 3.29. The Morgan fingerprint density at radius 1 is 1.32 bits per heavy atom. The van der Waals surface area contributed by atoms with Gasteiger partial charge in [-0.25, -0.2) is 4.39 Å². The molecule has 1 aromatic rings. The minimum Gasteiger partial charge on any atom is -0.314 e. The van der Waals surface area contributed by atoms with Crippen molar-refractivity contribution < 1.29 is 4.39 Å². The van der Waals surface area contributed by atoms with E-state index in [-0.39, 0.29) is 36.7 Å². The lowest BCUT2D eigenvalue weighted by atomic mass is 10.0. The van der Waals surface area contributed by atoms with Crippen molar-refractivity contribution in [2.75, 3.05) is 26.2 Å². The van der Waals surface area contributed by atoms with E-state index in [1.165, 1.54) is 0 Å². The van der Waals surface area contributed by atoms with Crippen LogP contribution >= 0.6 is 24.8 Å². The number of nitrogens with one attached hydrogen (secondary N) is 1. The number of piperazine rings is 1. The predicted molar refractivity (Wildman–Crippen MR) is 83.0 cm³/mol. The summed E-state index contributed by atoms with van der Waals surface area (Å²) in [4.78, 5) is 2.37. The quantitative estimate of drug-likeness (QED) is 0.863. The van der Waals surface area contributed by atoms with Gasteiger partial charge in [-0.2, -0.15) is 0 Å². The van der Waals surface area contributed by atoms with Gasteiger partial charge in [-0.1, -0.05) is 18.2 Å². The molecule has 1 aromatic carbocycles. The van der Waals surface area contributed by atoms with Gasteiger partial charge in [0.05, 0.1) is 6.04 Å². The van der Waals surface area contributed by atoms with E-state index >= 15 is 0 Å². The Morgan fingerprint density at radius 2 is 1.95 bits per heavy atom. The van der Waals surface area contributed by atoms with Gasteiger partial charge < -0.3 is 5.32 Å². The second kappa shape index (κ2) is 8.54. The highest BCUT2D eigenvalue weighted by Gasteiger charge is 2.19. The van der Waals surface area contributed by atoms with Crippen molar-refractivity contribution >= 4 is 24.8 Å². The molecule has 19 heavy (non-hydrogen) atoms. The Kier molecular flexibility index (Phi) is 8.26. The molecule has 1 fully saturated rings. The van der Waals surface area contributed by atoms with Gasteiger partial charge in [-0.05, 0) is 24.1 Å². The first-order chi connectivity index (χ1) is 8.22. The molecule has 108 valence electrons. The molecule has 0 spiro atoms. The second-order valence-electron chi connectivity index (χ2n) is 4.48. The lowest BCUT2D eigenvalue weighted by molar-refractivity contribution is 0.203. The Labute approximate surface area is 126 Å². The number of benzene rings is 1.